The second-order valence-electron chi connectivity index (χ2n) is 4.60. The van der Waals surface area contributed by atoms with Crippen LogP contribution in [0.1, 0.15) is 29.9 Å². The third-order valence-electron chi connectivity index (χ3n) is 2.53. The summed E-state index contributed by atoms with van der Waals surface area (Å²) in [5.41, 5.74) is 0. The smallest absolute Gasteiger partial charge is 0.348 e. The molecular weight excluding hydrogens is 380 g/mol. The normalized spacial score (nSPS) is 11.9. The number of carbonyl (C=O) groups excluding carboxylic acids is 1. The number of thiophene rings is 1. The molecule has 1 heterocycles. The van der Waals surface area contributed by atoms with Crippen molar-refractivity contribution in [3.63, 3.8) is 0 Å². The lowest BCUT2D eigenvalue weighted by Crippen LogP contribution is -2.29. The summed E-state index contributed by atoms with van der Waals surface area (Å²) < 4.78 is 31.8. The quantitative estimate of drug-likeness (QED) is 0.516. The number of hydrogen-bond acceptors (Lipinski definition) is 6. The fraction of sp³-hybridized carbons (Fsp3) is 0.583. The Morgan fingerprint density at radius 1 is 1.43 bits per heavy atom. The van der Waals surface area contributed by atoms with Gasteiger partial charge in [0.1, 0.15) is 9.77 Å². The summed E-state index contributed by atoms with van der Waals surface area (Å²) in [5.74, 6) is -0.553. The van der Waals surface area contributed by atoms with E-state index in [-0.39, 0.29) is 9.77 Å². The standard InChI is InChI=1S/C12H19BrN2O4S2/c1-8(2)14-5-4-6-15-21(17,18)10-7-9(12(16)19-3)20-11(10)13/h7-8,14-15H,4-6H2,1-3H3. The Balaban J connectivity index is 2.66. The maximum atomic E-state index is 12.2. The fourth-order valence-electron chi connectivity index (χ4n) is 1.50. The number of methoxy groups -OCH3 is 1. The first-order valence-electron chi connectivity index (χ1n) is 6.38. The first kappa shape index (κ1) is 18.6. The van der Waals surface area contributed by atoms with Gasteiger partial charge in [-0.2, -0.15) is 0 Å². The van der Waals surface area contributed by atoms with Gasteiger partial charge in [-0.05, 0) is 35.0 Å². The molecule has 0 atom stereocenters. The van der Waals surface area contributed by atoms with E-state index >= 15 is 0 Å². The van der Waals surface area contributed by atoms with Gasteiger partial charge >= 0.3 is 5.97 Å². The van der Waals surface area contributed by atoms with Gasteiger partial charge in [-0.25, -0.2) is 17.9 Å². The van der Waals surface area contributed by atoms with Crippen molar-refractivity contribution in [2.75, 3.05) is 20.2 Å². The lowest BCUT2D eigenvalue weighted by Gasteiger charge is -2.08. The van der Waals surface area contributed by atoms with Gasteiger partial charge in [0.05, 0.1) is 10.9 Å². The summed E-state index contributed by atoms with van der Waals surface area (Å²) in [7, 11) is -2.38. The van der Waals surface area contributed by atoms with Crippen LogP contribution in [0.4, 0.5) is 0 Å². The molecule has 0 saturated heterocycles. The molecule has 9 heteroatoms. The first-order chi connectivity index (χ1) is 9.77. The largest absolute Gasteiger partial charge is 0.465 e. The molecule has 1 rings (SSSR count). The maximum absolute atomic E-state index is 12.2. The number of sulfonamides is 1. The van der Waals surface area contributed by atoms with Gasteiger partial charge in [-0.15, -0.1) is 11.3 Å². The zero-order valence-electron chi connectivity index (χ0n) is 12.1. The van der Waals surface area contributed by atoms with E-state index in [2.05, 4.69) is 30.7 Å². The molecule has 0 aliphatic rings. The van der Waals surface area contributed by atoms with Crippen LogP contribution >= 0.6 is 27.3 Å². The molecule has 0 radical (unpaired) electrons. The Morgan fingerprint density at radius 3 is 2.67 bits per heavy atom. The first-order valence-corrected chi connectivity index (χ1v) is 9.48. The van der Waals surface area contributed by atoms with Crippen LogP contribution in [0.2, 0.25) is 0 Å². The van der Waals surface area contributed by atoms with Crippen molar-refractivity contribution in [2.45, 2.75) is 31.2 Å². The molecule has 0 bridgehead atoms. The predicted molar refractivity (Wildman–Crippen MR) is 86.3 cm³/mol. The topological polar surface area (TPSA) is 84.5 Å². The number of nitrogens with one attached hydrogen (secondary N) is 2. The van der Waals surface area contributed by atoms with E-state index in [0.717, 1.165) is 17.9 Å². The van der Waals surface area contributed by atoms with E-state index in [1.165, 1.54) is 13.2 Å². The van der Waals surface area contributed by atoms with Crippen LogP contribution in [0.15, 0.2) is 14.7 Å². The van der Waals surface area contributed by atoms with Crippen molar-refractivity contribution in [3.05, 3.63) is 14.7 Å². The molecule has 0 unspecified atom stereocenters. The minimum Gasteiger partial charge on any atom is -0.465 e. The average Bonchev–Trinajstić information content (AvgIpc) is 2.80. The number of carbonyl (C=O) groups is 1. The summed E-state index contributed by atoms with van der Waals surface area (Å²) in [6.45, 7) is 5.12. The Hall–Kier alpha value is -0.480. The van der Waals surface area contributed by atoms with Crippen molar-refractivity contribution >= 4 is 43.3 Å². The van der Waals surface area contributed by atoms with Gasteiger partial charge in [0.25, 0.3) is 0 Å². The van der Waals surface area contributed by atoms with E-state index in [4.69, 9.17) is 0 Å². The molecular formula is C12H19BrN2O4S2. The third-order valence-corrected chi connectivity index (χ3v) is 6.22. The summed E-state index contributed by atoms with van der Waals surface area (Å²) >= 11 is 4.20. The molecule has 120 valence electrons. The fourth-order valence-corrected chi connectivity index (χ4v) is 5.05. The van der Waals surface area contributed by atoms with Crippen molar-refractivity contribution < 1.29 is 17.9 Å². The maximum Gasteiger partial charge on any atom is 0.348 e. The SMILES string of the molecule is COC(=O)c1cc(S(=O)(=O)NCCCNC(C)C)c(Br)s1. The lowest BCUT2D eigenvalue weighted by atomic mass is 10.3. The Morgan fingerprint density at radius 2 is 2.10 bits per heavy atom. The summed E-state index contributed by atoms with van der Waals surface area (Å²) in [5, 5.41) is 3.21. The molecule has 1 aromatic rings. The van der Waals surface area contributed by atoms with Crippen LogP contribution in [0.25, 0.3) is 0 Å². The molecule has 0 aliphatic heterocycles. The van der Waals surface area contributed by atoms with Crippen LogP contribution < -0.4 is 10.0 Å². The van der Waals surface area contributed by atoms with Crippen molar-refractivity contribution in [1.29, 1.82) is 0 Å². The number of ether oxygens (including phenoxy) is 1. The second-order valence-corrected chi connectivity index (χ2v) is 8.71. The Kier molecular flexibility index (Phi) is 7.28. The number of rotatable bonds is 8. The van der Waals surface area contributed by atoms with E-state index < -0.39 is 16.0 Å². The molecule has 0 saturated carbocycles. The highest BCUT2D eigenvalue weighted by atomic mass is 79.9. The summed E-state index contributed by atoms with van der Waals surface area (Å²) in [6.07, 6.45) is 0.684. The summed E-state index contributed by atoms with van der Waals surface area (Å²) in [4.78, 5) is 11.7. The molecule has 21 heavy (non-hydrogen) atoms. The van der Waals surface area contributed by atoms with Crippen LogP contribution in [0, 0.1) is 0 Å². The molecule has 0 spiro atoms. The van der Waals surface area contributed by atoms with E-state index in [1.54, 1.807) is 0 Å². The van der Waals surface area contributed by atoms with Crippen LogP contribution in [-0.4, -0.2) is 40.6 Å². The van der Waals surface area contributed by atoms with Gasteiger partial charge in [-0.1, -0.05) is 13.8 Å². The van der Waals surface area contributed by atoms with E-state index in [9.17, 15) is 13.2 Å². The Labute approximate surface area is 137 Å². The van der Waals surface area contributed by atoms with Crippen LogP contribution in [-0.2, 0) is 14.8 Å². The van der Waals surface area contributed by atoms with Crippen LogP contribution in [0.3, 0.4) is 0 Å². The van der Waals surface area contributed by atoms with E-state index in [0.29, 0.717) is 22.8 Å². The van der Waals surface area contributed by atoms with Crippen LogP contribution in [0.5, 0.6) is 0 Å². The molecule has 0 aromatic carbocycles. The Bertz CT molecular complexity index is 584. The lowest BCUT2D eigenvalue weighted by molar-refractivity contribution is 0.0606. The average molecular weight is 399 g/mol. The molecule has 2 N–H and O–H groups in total. The number of hydrogen-bond donors (Lipinski definition) is 2. The van der Waals surface area contributed by atoms with Gasteiger partial charge in [0.15, 0.2) is 0 Å². The van der Waals surface area contributed by atoms with Gasteiger partial charge in [0.2, 0.25) is 10.0 Å². The van der Waals surface area contributed by atoms with Crippen molar-refractivity contribution in [1.82, 2.24) is 10.0 Å². The van der Waals surface area contributed by atoms with Gasteiger partial charge < -0.3 is 10.1 Å². The third kappa shape index (κ3) is 5.67. The van der Waals surface area contributed by atoms with Crippen molar-refractivity contribution in [2.24, 2.45) is 0 Å². The number of esters is 1. The monoisotopic (exact) mass is 398 g/mol. The predicted octanol–water partition coefficient (Wildman–Crippen LogP) is 1.96. The van der Waals surface area contributed by atoms with Gasteiger partial charge in [-0.3, -0.25) is 0 Å². The molecule has 0 aliphatic carbocycles. The molecule has 6 nitrogen and oxygen atoms in total. The highest BCUT2D eigenvalue weighted by Gasteiger charge is 2.23. The van der Waals surface area contributed by atoms with Gasteiger partial charge in [0, 0.05) is 12.6 Å². The zero-order chi connectivity index (χ0) is 16.0. The van der Waals surface area contributed by atoms with Crippen molar-refractivity contribution in [3.8, 4) is 0 Å². The second kappa shape index (κ2) is 8.23. The molecule has 0 amide bonds. The minimum absolute atomic E-state index is 0.0599. The minimum atomic E-state index is -3.63. The molecule has 0 fully saturated rings. The number of halogens is 1. The van der Waals surface area contributed by atoms with E-state index in [1.807, 2.05) is 13.8 Å². The molecule has 1 aromatic heterocycles. The highest BCUT2D eigenvalue weighted by Crippen LogP contribution is 2.31. The summed E-state index contributed by atoms with van der Waals surface area (Å²) in [6, 6.07) is 1.69. The zero-order valence-corrected chi connectivity index (χ0v) is 15.3. The highest BCUT2D eigenvalue weighted by molar-refractivity contribution is 9.11.